The quantitative estimate of drug-likeness (QED) is 0.907. The monoisotopic (exact) mass is 321 g/mol. The summed E-state index contributed by atoms with van der Waals surface area (Å²) in [7, 11) is 1.71. The van der Waals surface area contributed by atoms with Crippen molar-refractivity contribution in [2.75, 3.05) is 18.6 Å². The van der Waals surface area contributed by atoms with E-state index in [0.29, 0.717) is 6.10 Å². The Bertz CT molecular complexity index is 494. The number of benzene rings is 1. The van der Waals surface area contributed by atoms with Crippen molar-refractivity contribution in [1.29, 1.82) is 0 Å². The van der Waals surface area contributed by atoms with E-state index in [-0.39, 0.29) is 5.54 Å². The molecule has 0 radical (unpaired) electrons. The minimum Gasteiger partial charge on any atom is -0.493 e. The molecule has 0 spiro atoms. The highest BCUT2D eigenvalue weighted by atomic mass is 32.2. The van der Waals surface area contributed by atoms with Crippen LogP contribution in [0.4, 0.5) is 0 Å². The van der Waals surface area contributed by atoms with E-state index in [0.717, 1.165) is 36.5 Å². The molecule has 3 nitrogen and oxygen atoms in total. The van der Waals surface area contributed by atoms with Gasteiger partial charge in [-0.1, -0.05) is 25.3 Å². The summed E-state index contributed by atoms with van der Waals surface area (Å²) in [5, 5.41) is 0. The molecule has 1 aliphatic heterocycles. The Labute approximate surface area is 137 Å². The van der Waals surface area contributed by atoms with Gasteiger partial charge in [0.1, 0.15) is 6.10 Å². The van der Waals surface area contributed by atoms with Crippen molar-refractivity contribution in [3.63, 3.8) is 0 Å². The number of hydrogen-bond donors (Lipinski definition) is 1. The summed E-state index contributed by atoms with van der Waals surface area (Å²) in [6.45, 7) is 0. The first-order valence-corrected chi connectivity index (χ1v) is 9.58. The standard InChI is InChI=1S/C18H27NO2S/c1-20-17-12-14(18(19)9-3-2-4-10-18)7-8-16(17)21-15-6-5-11-22-13-15/h7-8,12,15H,2-6,9-11,13,19H2,1H3. The SMILES string of the molecule is COc1cc(C2(N)CCCCC2)ccc1OC1CCCSC1. The van der Waals surface area contributed by atoms with Crippen LogP contribution in [0.25, 0.3) is 0 Å². The van der Waals surface area contributed by atoms with E-state index in [1.54, 1.807) is 7.11 Å². The maximum atomic E-state index is 6.64. The molecule has 1 unspecified atom stereocenters. The van der Waals surface area contributed by atoms with E-state index < -0.39 is 0 Å². The first-order chi connectivity index (χ1) is 10.7. The predicted molar refractivity (Wildman–Crippen MR) is 92.9 cm³/mol. The van der Waals surface area contributed by atoms with Crippen LogP contribution in [0.2, 0.25) is 0 Å². The molecule has 1 saturated heterocycles. The number of thioether (sulfide) groups is 1. The zero-order valence-corrected chi connectivity index (χ0v) is 14.3. The fraction of sp³-hybridized carbons (Fsp3) is 0.667. The molecule has 1 aromatic carbocycles. The van der Waals surface area contributed by atoms with Crippen LogP contribution in [-0.2, 0) is 5.54 Å². The van der Waals surface area contributed by atoms with Crippen LogP contribution in [0, 0.1) is 0 Å². The highest BCUT2D eigenvalue weighted by molar-refractivity contribution is 7.99. The molecule has 0 aromatic heterocycles. The summed E-state index contributed by atoms with van der Waals surface area (Å²) < 4.78 is 11.7. The number of methoxy groups -OCH3 is 1. The zero-order chi connectivity index (χ0) is 15.4. The lowest BCUT2D eigenvalue weighted by molar-refractivity contribution is 0.202. The van der Waals surface area contributed by atoms with Gasteiger partial charge >= 0.3 is 0 Å². The average molecular weight is 321 g/mol. The van der Waals surface area contributed by atoms with Gasteiger partial charge in [0.2, 0.25) is 0 Å². The second kappa shape index (κ2) is 7.14. The van der Waals surface area contributed by atoms with Crippen molar-refractivity contribution >= 4 is 11.8 Å². The highest BCUT2D eigenvalue weighted by Crippen LogP contribution is 2.39. The number of nitrogens with two attached hydrogens (primary N) is 1. The molecule has 1 atom stereocenters. The number of hydrogen-bond acceptors (Lipinski definition) is 4. The summed E-state index contributed by atoms with van der Waals surface area (Å²) in [5.41, 5.74) is 7.64. The third-order valence-corrected chi connectivity index (χ3v) is 6.08. The van der Waals surface area contributed by atoms with E-state index in [2.05, 4.69) is 18.2 Å². The Kier molecular flexibility index (Phi) is 5.19. The molecular formula is C18H27NO2S. The molecule has 122 valence electrons. The molecule has 2 N–H and O–H groups in total. The minimum atomic E-state index is -0.190. The Balaban J connectivity index is 1.77. The second-order valence-electron chi connectivity index (χ2n) is 6.54. The molecule has 4 heteroatoms. The van der Waals surface area contributed by atoms with Crippen molar-refractivity contribution in [3.8, 4) is 11.5 Å². The predicted octanol–water partition coefficient (Wildman–Crippen LogP) is 4.09. The van der Waals surface area contributed by atoms with Gasteiger partial charge in [0, 0.05) is 11.3 Å². The maximum absolute atomic E-state index is 6.64. The molecule has 0 bridgehead atoms. The fourth-order valence-electron chi connectivity index (χ4n) is 3.53. The molecule has 2 aliphatic rings. The van der Waals surface area contributed by atoms with Crippen LogP contribution in [0.1, 0.15) is 50.5 Å². The third kappa shape index (κ3) is 3.54. The van der Waals surface area contributed by atoms with E-state index >= 15 is 0 Å². The number of ether oxygens (including phenoxy) is 2. The first kappa shape index (κ1) is 16.0. The summed E-state index contributed by atoms with van der Waals surface area (Å²) >= 11 is 1.98. The molecule has 2 fully saturated rings. The molecule has 1 aromatic rings. The van der Waals surface area contributed by atoms with Crippen LogP contribution in [-0.4, -0.2) is 24.7 Å². The maximum Gasteiger partial charge on any atom is 0.161 e. The Morgan fingerprint density at radius 3 is 2.64 bits per heavy atom. The summed E-state index contributed by atoms with van der Waals surface area (Å²) in [4.78, 5) is 0. The Morgan fingerprint density at radius 1 is 1.14 bits per heavy atom. The van der Waals surface area contributed by atoms with E-state index in [1.807, 2.05) is 11.8 Å². The van der Waals surface area contributed by atoms with Crippen LogP contribution in [0.5, 0.6) is 11.5 Å². The normalized spacial score (nSPS) is 24.7. The lowest BCUT2D eigenvalue weighted by Crippen LogP contribution is -2.38. The lowest BCUT2D eigenvalue weighted by Gasteiger charge is -2.34. The molecule has 1 aliphatic carbocycles. The molecule has 1 saturated carbocycles. The minimum absolute atomic E-state index is 0.190. The second-order valence-corrected chi connectivity index (χ2v) is 7.69. The fourth-order valence-corrected chi connectivity index (χ4v) is 4.56. The van der Waals surface area contributed by atoms with Crippen LogP contribution >= 0.6 is 11.8 Å². The van der Waals surface area contributed by atoms with Gasteiger partial charge in [-0.15, -0.1) is 0 Å². The Hall–Kier alpha value is -0.870. The summed E-state index contributed by atoms with van der Waals surface area (Å²) in [6, 6.07) is 6.28. The van der Waals surface area contributed by atoms with Gasteiger partial charge in [0.15, 0.2) is 11.5 Å². The van der Waals surface area contributed by atoms with Crippen LogP contribution in [0.15, 0.2) is 18.2 Å². The lowest BCUT2D eigenvalue weighted by atomic mass is 9.77. The van der Waals surface area contributed by atoms with Crippen LogP contribution < -0.4 is 15.2 Å². The van der Waals surface area contributed by atoms with Crippen molar-refractivity contribution in [3.05, 3.63) is 23.8 Å². The topological polar surface area (TPSA) is 44.5 Å². The van der Waals surface area contributed by atoms with E-state index in [9.17, 15) is 0 Å². The van der Waals surface area contributed by atoms with Crippen molar-refractivity contribution < 1.29 is 9.47 Å². The van der Waals surface area contributed by atoms with Crippen LogP contribution in [0.3, 0.4) is 0 Å². The molecule has 22 heavy (non-hydrogen) atoms. The van der Waals surface area contributed by atoms with E-state index in [1.165, 1.54) is 37.0 Å². The number of rotatable bonds is 4. The summed E-state index contributed by atoms with van der Waals surface area (Å²) in [5.74, 6) is 4.01. The van der Waals surface area contributed by atoms with E-state index in [4.69, 9.17) is 15.2 Å². The smallest absolute Gasteiger partial charge is 0.161 e. The molecule has 0 amide bonds. The van der Waals surface area contributed by atoms with Crippen molar-refractivity contribution in [2.45, 2.75) is 56.6 Å². The van der Waals surface area contributed by atoms with Gasteiger partial charge in [-0.05, 0) is 49.1 Å². The molecule has 3 rings (SSSR count). The van der Waals surface area contributed by atoms with Crippen molar-refractivity contribution in [2.24, 2.45) is 5.73 Å². The molecule has 1 heterocycles. The van der Waals surface area contributed by atoms with Gasteiger partial charge in [0.05, 0.1) is 7.11 Å². The van der Waals surface area contributed by atoms with Gasteiger partial charge in [-0.2, -0.15) is 11.8 Å². The third-order valence-electron chi connectivity index (χ3n) is 4.90. The largest absolute Gasteiger partial charge is 0.493 e. The summed E-state index contributed by atoms with van der Waals surface area (Å²) in [6.07, 6.45) is 8.55. The van der Waals surface area contributed by atoms with Crippen molar-refractivity contribution in [1.82, 2.24) is 0 Å². The molecular weight excluding hydrogens is 294 g/mol. The van der Waals surface area contributed by atoms with Gasteiger partial charge in [-0.25, -0.2) is 0 Å². The first-order valence-electron chi connectivity index (χ1n) is 8.43. The zero-order valence-electron chi connectivity index (χ0n) is 13.5. The van der Waals surface area contributed by atoms with Gasteiger partial charge < -0.3 is 15.2 Å². The van der Waals surface area contributed by atoms with Gasteiger partial charge in [0.25, 0.3) is 0 Å². The Morgan fingerprint density at radius 2 is 1.95 bits per heavy atom. The average Bonchev–Trinajstić information content (AvgIpc) is 2.57. The highest BCUT2D eigenvalue weighted by Gasteiger charge is 2.30. The van der Waals surface area contributed by atoms with Gasteiger partial charge in [-0.3, -0.25) is 0 Å².